The van der Waals surface area contributed by atoms with Gasteiger partial charge in [-0.15, -0.1) is 0 Å². The zero-order valence-electron chi connectivity index (χ0n) is 11.9. The molecule has 1 saturated heterocycles. The van der Waals surface area contributed by atoms with Gasteiger partial charge in [0.1, 0.15) is 11.5 Å². The Morgan fingerprint density at radius 2 is 1.95 bits per heavy atom. The van der Waals surface area contributed by atoms with E-state index in [4.69, 9.17) is 9.47 Å². The van der Waals surface area contributed by atoms with Gasteiger partial charge < -0.3 is 19.7 Å². The first-order valence-corrected chi connectivity index (χ1v) is 7.05. The van der Waals surface area contributed by atoms with Crippen molar-refractivity contribution in [2.24, 2.45) is 0 Å². The molecule has 1 aliphatic heterocycles. The van der Waals surface area contributed by atoms with E-state index in [0.717, 1.165) is 44.1 Å². The smallest absolute Gasteiger partial charge is 0.226 e. The molecule has 0 saturated carbocycles. The number of methoxy groups -OCH3 is 1. The van der Waals surface area contributed by atoms with Gasteiger partial charge in [-0.25, -0.2) is 0 Å². The Bertz CT molecular complexity index is 412. The molecule has 1 aromatic carbocycles. The van der Waals surface area contributed by atoms with E-state index in [1.165, 1.54) is 0 Å². The van der Waals surface area contributed by atoms with Crippen molar-refractivity contribution in [1.82, 2.24) is 10.2 Å². The fraction of sp³-hybridized carbons (Fsp3) is 0.533. The van der Waals surface area contributed by atoms with Crippen LogP contribution < -0.4 is 14.8 Å². The Hall–Kier alpha value is -1.75. The summed E-state index contributed by atoms with van der Waals surface area (Å²) in [5.74, 6) is 1.73. The van der Waals surface area contributed by atoms with Gasteiger partial charge in [0, 0.05) is 19.6 Å². The number of benzene rings is 1. The number of hydrogen-bond donors (Lipinski definition) is 1. The van der Waals surface area contributed by atoms with Crippen LogP contribution >= 0.6 is 0 Å². The van der Waals surface area contributed by atoms with Crippen LogP contribution in [0.4, 0.5) is 0 Å². The van der Waals surface area contributed by atoms with Crippen molar-refractivity contribution >= 4 is 5.91 Å². The Labute approximate surface area is 119 Å². The van der Waals surface area contributed by atoms with E-state index in [1.807, 2.05) is 29.2 Å². The second-order valence-corrected chi connectivity index (χ2v) is 4.76. The van der Waals surface area contributed by atoms with Crippen LogP contribution in [0.5, 0.6) is 11.5 Å². The summed E-state index contributed by atoms with van der Waals surface area (Å²) < 4.78 is 10.7. The van der Waals surface area contributed by atoms with Gasteiger partial charge in [-0.2, -0.15) is 0 Å². The molecule has 5 heteroatoms. The second-order valence-electron chi connectivity index (χ2n) is 4.76. The van der Waals surface area contributed by atoms with Gasteiger partial charge in [-0.3, -0.25) is 4.79 Å². The average molecular weight is 278 g/mol. The molecule has 0 atom stereocenters. The van der Waals surface area contributed by atoms with Crippen LogP contribution in [-0.4, -0.2) is 50.7 Å². The van der Waals surface area contributed by atoms with Gasteiger partial charge in [-0.05, 0) is 37.2 Å². The maximum Gasteiger partial charge on any atom is 0.226 e. The second kappa shape index (κ2) is 7.75. The normalized spacial score (nSPS) is 15.6. The van der Waals surface area contributed by atoms with E-state index in [2.05, 4.69) is 5.32 Å². The lowest BCUT2D eigenvalue weighted by atomic mass is 10.3. The molecular formula is C15H22N2O3. The fourth-order valence-electron chi connectivity index (χ4n) is 2.18. The van der Waals surface area contributed by atoms with Crippen molar-refractivity contribution in [3.05, 3.63) is 24.3 Å². The largest absolute Gasteiger partial charge is 0.497 e. The topological polar surface area (TPSA) is 50.8 Å². The van der Waals surface area contributed by atoms with Crippen molar-refractivity contribution in [3.63, 3.8) is 0 Å². The van der Waals surface area contributed by atoms with Crippen LogP contribution in [0.3, 0.4) is 0 Å². The van der Waals surface area contributed by atoms with Crippen molar-refractivity contribution in [2.75, 3.05) is 39.9 Å². The number of rotatable bonds is 5. The van der Waals surface area contributed by atoms with Crippen LogP contribution in [0.2, 0.25) is 0 Å². The first-order valence-electron chi connectivity index (χ1n) is 7.05. The fourth-order valence-corrected chi connectivity index (χ4v) is 2.18. The van der Waals surface area contributed by atoms with E-state index in [-0.39, 0.29) is 5.91 Å². The quantitative estimate of drug-likeness (QED) is 0.881. The summed E-state index contributed by atoms with van der Waals surface area (Å²) in [6, 6.07) is 7.38. The number of carbonyl (C=O) groups excluding carboxylic acids is 1. The minimum absolute atomic E-state index is 0.169. The van der Waals surface area contributed by atoms with Crippen LogP contribution in [0.15, 0.2) is 24.3 Å². The molecule has 0 unspecified atom stereocenters. The maximum absolute atomic E-state index is 12.0. The van der Waals surface area contributed by atoms with E-state index >= 15 is 0 Å². The van der Waals surface area contributed by atoms with Crippen molar-refractivity contribution in [1.29, 1.82) is 0 Å². The minimum atomic E-state index is 0.169. The van der Waals surface area contributed by atoms with E-state index in [9.17, 15) is 4.79 Å². The van der Waals surface area contributed by atoms with Gasteiger partial charge in [-0.1, -0.05) is 0 Å². The predicted molar refractivity (Wildman–Crippen MR) is 77.2 cm³/mol. The summed E-state index contributed by atoms with van der Waals surface area (Å²) in [4.78, 5) is 14.0. The molecule has 0 radical (unpaired) electrons. The number of ether oxygens (including phenoxy) is 2. The Morgan fingerprint density at radius 1 is 1.20 bits per heavy atom. The molecule has 20 heavy (non-hydrogen) atoms. The molecule has 0 aromatic heterocycles. The highest BCUT2D eigenvalue weighted by Gasteiger charge is 2.14. The average Bonchev–Trinajstić information content (AvgIpc) is 2.77. The van der Waals surface area contributed by atoms with Gasteiger partial charge in [0.2, 0.25) is 5.91 Å². The number of amides is 1. The summed E-state index contributed by atoms with van der Waals surface area (Å²) in [6.07, 6.45) is 1.44. The third kappa shape index (κ3) is 4.42. The standard InChI is InChI=1S/C15H22N2O3/c1-19-13-3-5-14(6-4-13)20-12-7-15(18)17-10-2-8-16-9-11-17/h3-6,16H,2,7-12H2,1H3. The number of nitrogens with one attached hydrogen (secondary N) is 1. The van der Waals surface area contributed by atoms with Crippen molar-refractivity contribution in [2.45, 2.75) is 12.8 Å². The van der Waals surface area contributed by atoms with Crippen LogP contribution in [0, 0.1) is 0 Å². The lowest BCUT2D eigenvalue weighted by Crippen LogP contribution is -2.34. The molecular weight excluding hydrogens is 256 g/mol. The first kappa shape index (κ1) is 14.7. The van der Waals surface area contributed by atoms with Gasteiger partial charge in [0.15, 0.2) is 0 Å². The molecule has 0 spiro atoms. The monoisotopic (exact) mass is 278 g/mol. The Morgan fingerprint density at radius 3 is 2.70 bits per heavy atom. The van der Waals surface area contributed by atoms with E-state index < -0.39 is 0 Å². The summed E-state index contributed by atoms with van der Waals surface area (Å²) in [5, 5.41) is 3.29. The summed E-state index contributed by atoms with van der Waals surface area (Å²) in [7, 11) is 1.63. The highest BCUT2D eigenvalue weighted by Crippen LogP contribution is 2.17. The van der Waals surface area contributed by atoms with Crippen molar-refractivity contribution < 1.29 is 14.3 Å². The summed E-state index contributed by atoms with van der Waals surface area (Å²) in [5.41, 5.74) is 0. The highest BCUT2D eigenvalue weighted by atomic mass is 16.5. The molecule has 1 aromatic rings. The molecule has 1 heterocycles. The summed E-state index contributed by atoms with van der Waals surface area (Å²) in [6.45, 7) is 3.92. The lowest BCUT2D eigenvalue weighted by Gasteiger charge is -2.19. The van der Waals surface area contributed by atoms with Crippen molar-refractivity contribution in [3.8, 4) is 11.5 Å². The van der Waals surface area contributed by atoms with E-state index in [1.54, 1.807) is 7.11 Å². The van der Waals surface area contributed by atoms with Gasteiger partial charge in [0.25, 0.3) is 0 Å². The SMILES string of the molecule is COc1ccc(OCCC(=O)N2CCCNCC2)cc1. The lowest BCUT2D eigenvalue weighted by molar-refractivity contribution is -0.131. The zero-order valence-corrected chi connectivity index (χ0v) is 11.9. The number of hydrogen-bond acceptors (Lipinski definition) is 4. The number of nitrogens with zero attached hydrogens (tertiary/aromatic N) is 1. The maximum atomic E-state index is 12.0. The third-order valence-electron chi connectivity index (χ3n) is 3.34. The third-order valence-corrected chi connectivity index (χ3v) is 3.34. The molecule has 1 fully saturated rings. The molecule has 110 valence electrons. The molecule has 2 rings (SSSR count). The molecule has 1 aliphatic rings. The Balaban J connectivity index is 1.72. The van der Waals surface area contributed by atoms with Gasteiger partial charge >= 0.3 is 0 Å². The van der Waals surface area contributed by atoms with E-state index in [0.29, 0.717) is 13.0 Å². The molecule has 1 N–H and O–H groups in total. The van der Waals surface area contributed by atoms with Crippen LogP contribution in [0.1, 0.15) is 12.8 Å². The number of carbonyl (C=O) groups is 1. The zero-order chi connectivity index (χ0) is 14.2. The predicted octanol–water partition coefficient (Wildman–Crippen LogP) is 1.29. The van der Waals surface area contributed by atoms with Gasteiger partial charge in [0.05, 0.1) is 20.1 Å². The Kier molecular flexibility index (Phi) is 5.68. The molecule has 0 bridgehead atoms. The molecule has 5 nitrogen and oxygen atoms in total. The minimum Gasteiger partial charge on any atom is -0.497 e. The summed E-state index contributed by atoms with van der Waals surface area (Å²) >= 11 is 0. The first-order chi connectivity index (χ1) is 9.79. The highest BCUT2D eigenvalue weighted by molar-refractivity contribution is 5.76. The molecule has 0 aliphatic carbocycles. The molecule has 1 amide bonds. The van der Waals surface area contributed by atoms with Crippen LogP contribution in [0.25, 0.3) is 0 Å². The van der Waals surface area contributed by atoms with Crippen LogP contribution in [-0.2, 0) is 4.79 Å².